The van der Waals surface area contributed by atoms with Gasteiger partial charge in [0.05, 0.1) is 0 Å². The van der Waals surface area contributed by atoms with E-state index in [4.69, 9.17) is 13.9 Å². The van der Waals surface area contributed by atoms with E-state index in [1.165, 1.54) is 0 Å². The number of oxazole rings is 1. The first-order valence-corrected chi connectivity index (χ1v) is 11.8. The molecule has 1 aromatic heterocycles. The SMILES string of the molecule is Cc1oc(-c2ccccc2)nc1COc1cccc([C@@H]2CN(C(=O)Oc3ccccc3)CC2C=O)c1. The molecule has 2 heterocycles. The zero-order valence-electron chi connectivity index (χ0n) is 19.9. The zero-order valence-corrected chi connectivity index (χ0v) is 19.9. The number of aryl methyl sites for hydroxylation is 1. The molecule has 7 heteroatoms. The second kappa shape index (κ2) is 10.5. The molecule has 1 amide bonds. The zero-order chi connectivity index (χ0) is 24.9. The second-order valence-electron chi connectivity index (χ2n) is 8.74. The number of carbonyl (C=O) groups excluding carboxylic acids is 2. The summed E-state index contributed by atoms with van der Waals surface area (Å²) in [5.74, 6) is 1.92. The van der Waals surface area contributed by atoms with Gasteiger partial charge in [0.25, 0.3) is 0 Å². The van der Waals surface area contributed by atoms with Crippen LogP contribution < -0.4 is 9.47 Å². The molecule has 1 fully saturated rings. The molecule has 2 atom stereocenters. The number of para-hydroxylation sites is 1. The Kier molecular flexibility index (Phi) is 6.80. The summed E-state index contributed by atoms with van der Waals surface area (Å²) in [6, 6.07) is 26.3. The van der Waals surface area contributed by atoms with Gasteiger partial charge in [-0.2, -0.15) is 0 Å². The molecular weight excluding hydrogens is 456 g/mol. The first kappa shape index (κ1) is 23.4. The lowest BCUT2D eigenvalue weighted by Crippen LogP contribution is -2.31. The molecule has 0 radical (unpaired) electrons. The van der Waals surface area contributed by atoms with Crippen molar-refractivity contribution < 1.29 is 23.5 Å². The highest BCUT2D eigenvalue weighted by molar-refractivity contribution is 5.73. The summed E-state index contributed by atoms with van der Waals surface area (Å²) in [7, 11) is 0. The van der Waals surface area contributed by atoms with E-state index in [2.05, 4.69) is 4.98 Å². The fourth-order valence-corrected chi connectivity index (χ4v) is 4.38. The summed E-state index contributed by atoms with van der Waals surface area (Å²) in [5.41, 5.74) is 2.56. The standard InChI is InChI=1S/C29H26N2O5/c1-20-27(30-28(35-20)21-9-4-2-5-10-21)19-34-25-14-8-11-22(15-25)26-17-31(16-23(26)18-32)29(33)36-24-12-6-3-7-13-24/h2-15,18,23,26H,16-17,19H2,1H3/t23?,26-/m0/s1. The molecule has 0 N–H and O–H groups in total. The molecule has 1 saturated heterocycles. The smallest absolute Gasteiger partial charge is 0.415 e. The Hall–Kier alpha value is -4.39. The molecule has 0 spiro atoms. The van der Waals surface area contributed by atoms with E-state index in [0.717, 1.165) is 23.1 Å². The molecule has 1 unspecified atom stereocenters. The van der Waals surface area contributed by atoms with E-state index in [0.29, 0.717) is 36.2 Å². The van der Waals surface area contributed by atoms with Crippen LogP contribution in [-0.4, -0.2) is 35.4 Å². The van der Waals surface area contributed by atoms with Crippen LogP contribution >= 0.6 is 0 Å². The van der Waals surface area contributed by atoms with Crippen molar-refractivity contribution in [2.45, 2.75) is 19.4 Å². The number of hydrogen-bond donors (Lipinski definition) is 0. The van der Waals surface area contributed by atoms with Crippen LogP contribution in [0.4, 0.5) is 4.79 Å². The average molecular weight is 483 g/mol. The van der Waals surface area contributed by atoms with Crippen LogP contribution in [0.5, 0.6) is 11.5 Å². The van der Waals surface area contributed by atoms with Crippen molar-refractivity contribution in [3.63, 3.8) is 0 Å². The van der Waals surface area contributed by atoms with Gasteiger partial charge in [-0.3, -0.25) is 0 Å². The van der Waals surface area contributed by atoms with E-state index in [9.17, 15) is 9.59 Å². The normalized spacial score (nSPS) is 17.1. The Bertz CT molecular complexity index is 1340. The lowest BCUT2D eigenvalue weighted by Gasteiger charge is -2.17. The Balaban J connectivity index is 1.26. The molecule has 182 valence electrons. The number of amides is 1. The van der Waals surface area contributed by atoms with Gasteiger partial charge in [0.15, 0.2) is 0 Å². The minimum atomic E-state index is -0.460. The van der Waals surface area contributed by atoms with Gasteiger partial charge in [0, 0.05) is 30.5 Å². The Morgan fingerprint density at radius 1 is 1.00 bits per heavy atom. The van der Waals surface area contributed by atoms with Gasteiger partial charge in [-0.1, -0.05) is 48.5 Å². The molecule has 5 rings (SSSR count). The van der Waals surface area contributed by atoms with Gasteiger partial charge in [-0.05, 0) is 48.9 Å². The summed E-state index contributed by atoms with van der Waals surface area (Å²) in [5, 5.41) is 0. The summed E-state index contributed by atoms with van der Waals surface area (Å²) in [6.07, 6.45) is 0.455. The predicted molar refractivity (Wildman–Crippen MR) is 134 cm³/mol. The third-order valence-corrected chi connectivity index (χ3v) is 6.32. The van der Waals surface area contributed by atoms with Crippen LogP contribution in [0.2, 0.25) is 0 Å². The highest BCUT2D eigenvalue weighted by atomic mass is 16.6. The molecule has 1 aliphatic rings. The molecule has 3 aromatic carbocycles. The number of rotatable bonds is 7. The number of benzene rings is 3. The molecule has 1 aliphatic heterocycles. The van der Waals surface area contributed by atoms with Gasteiger partial charge < -0.3 is 23.6 Å². The number of aromatic nitrogens is 1. The fraction of sp³-hybridized carbons (Fsp3) is 0.207. The van der Waals surface area contributed by atoms with Crippen molar-refractivity contribution in [3.05, 3.63) is 102 Å². The number of aldehydes is 1. The van der Waals surface area contributed by atoms with Crippen molar-refractivity contribution in [1.29, 1.82) is 0 Å². The van der Waals surface area contributed by atoms with Gasteiger partial charge in [0.2, 0.25) is 5.89 Å². The minimum absolute atomic E-state index is 0.146. The van der Waals surface area contributed by atoms with Crippen molar-refractivity contribution in [3.8, 4) is 23.0 Å². The molecule has 0 saturated carbocycles. The van der Waals surface area contributed by atoms with Crippen molar-refractivity contribution in [1.82, 2.24) is 9.88 Å². The number of ether oxygens (including phenoxy) is 2. The van der Waals surface area contributed by atoms with Gasteiger partial charge >= 0.3 is 6.09 Å². The van der Waals surface area contributed by atoms with Gasteiger partial charge in [0.1, 0.15) is 35.8 Å². The highest BCUT2D eigenvalue weighted by Gasteiger charge is 2.37. The molecular formula is C29H26N2O5. The van der Waals surface area contributed by atoms with E-state index >= 15 is 0 Å². The molecule has 0 bridgehead atoms. The fourth-order valence-electron chi connectivity index (χ4n) is 4.38. The first-order valence-electron chi connectivity index (χ1n) is 11.8. The third-order valence-electron chi connectivity index (χ3n) is 6.32. The van der Waals surface area contributed by atoms with E-state index in [-0.39, 0.29) is 18.4 Å². The van der Waals surface area contributed by atoms with Crippen molar-refractivity contribution in [2.75, 3.05) is 13.1 Å². The summed E-state index contributed by atoms with van der Waals surface area (Å²) >= 11 is 0. The van der Waals surface area contributed by atoms with Crippen LogP contribution in [-0.2, 0) is 11.4 Å². The number of carbonyl (C=O) groups is 2. The lowest BCUT2D eigenvalue weighted by molar-refractivity contribution is -0.111. The third kappa shape index (κ3) is 5.15. The summed E-state index contributed by atoms with van der Waals surface area (Å²) < 4.78 is 17.3. The quantitative estimate of drug-likeness (QED) is 0.317. The van der Waals surface area contributed by atoms with Crippen LogP contribution in [0.15, 0.2) is 89.3 Å². The van der Waals surface area contributed by atoms with E-state index in [1.54, 1.807) is 29.2 Å². The average Bonchev–Trinajstić information content (AvgIpc) is 3.52. The largest absolute Gasteiger partial charge is 0.487 e. The highest BCUT2D eigenvalue weighted by Crippen LogP contribution is 2.34. The Morgan fingerprint density at radius 3 is 2.47 bits per heavy atom. The molecule has 0 aliphatic carbocycles. The van der Waals surface area contributed by atoms with Crippen molar-refractivity contribution in [2.24, 2.45) is 5.92 Å². The molecule has 36 heavy (non-hydrogen) atoms. The monoisotopic (exact) mass is 482 g/mol. The van der Waals surface area contributed by atoms with Crippen molar-refractivity contribution >= 4 is 12.4 Å². The van der Waals surface area contributed by atoms with Gasteiger partial charge in [-0.25, -0.2) is 9.78 Å². The number of hydrogen-bond acceptors (Lipinski definition) is 6. The Morgan fingerprint density at radius 2 is 1.72 bits per heavy atom. The van der Waals surface area contributed by atoms with Gasteiger partial charge in [-0.15, -0.1) is 0 Å². The van der Waals surface area contributed by atoms with Crippen LogP contribution in [0, 0.1) is 12.8 Å². The molecule has 4 aromatic rings. The maximum Gasteiger partial charge on any atom is 0.415 e. The minimum Gasteiger partial charge on any atom is -0.487 e. The molecule has 7 nitrogen and oxygen atoms in total. The maximum atomic E-state index is 12.7. The summed E-state index contributed by atoms with van der Waals surface area (Å²) in [6.45, 7) is 2.82. The van der Waals surface area contributed by atoms with Crippen LogP contribution in [0.3, 0.4) is 0 Å². The van der Waals surface area contributed by atoms with E-state index < -0.39 is 6.09 Å². The van der Waals surface area contributed by atoms with Crippen LogP contribution in [0.25, 0.3) is 11.5 Å². The maximum absolute atomic E-state index is 12.7. The first-order chi connectivity index (χ1) is 17.6. The summed E-state index contributed by atoms with van der Waals surface area (Å²) in [4.78, 5) is 30.7. The Labute approximate surface area is 209 Å². The van der Waals surface area contributed by atoms with Crippen LogP contribution in [0.1, 0.15) is 22.9 Å². The van der Waals surface area contributed by atoms with E-state index in [1.807, 2.05) is 67.6 Å². The number of nitrogens with zero attached hydrogens (tertiary/aromatic N) is 2. The lowest BCUT2D eigenvalue weighted by atomic mass is 9.90. The predicted octanol–water partition coefficient (Wildman–Crippen LogP) is 5.64. The number of likely N-dealkylation sites (tertiary alicyclic amines) is 1. The second-order valence-corrected chi connectivity index (χ2v) is 8.74. The topological polar surface area (TPSA) is 81.9 Å².